The lowest BCUT2D eigenvalue weighted by atomic mass is 9.89. The first-order valence-corrected chi connectivity index (χ1v) is 10.0. The number of aromatic nitrogens is 6. The van der Waals surface area contributed by atoms with Crippen LogP contribution in [-0.2, 0) is 11.8 Å². The van der Waals surface area contributed by atoms with E-state index in [0.717, 1.165) is 59.7 Å². The number of aryl methyl sites for hydroxylation is 2. The molecule has 7 heteroatoms. The lowest BCUT2D eigenvalue weighted by Gasteiger charge is -2.31. The van der Waals surface area contributed by atoms with Crippen LogP contribution in [0.25, 0.3) is 22.3 Å². The number of rotatable bonds is 4. The van der Waals surface area contributed by atoms with Crippen molar-refractivity contribution in [3.8, 4) is 11.3 Å². The molecule has 5 rings (SSSR count). The molecule has 1 aromatic carbocycles. The molecule has 29 heavy (non-hydrogen) atoms. The van der Waals surface area contributed by atoms with Crippen LogP contribution in [0.1, 0.15) is 30.3 Å². The van der Waals surface area contributed by atoms with Crippen LogP contribution >= 0.6 is 0 Å². The molecule has 1 aliphatic rings. The van der Waals surface area contributed by atoms with Crippen molar-refractivity contribution in [2.45, 2.75) is 25.8 Å². The molecule has 0 saturated carbocycles. The van der Waals surface area contributed by atoms with Gasteiger partial charge in [0, 0.05) is 32.0 Å². The molecule has 4 heterocycles. The summed E-state index contributed by atoms with van der Waals surface area (Å²) in [4.78, 5) is 9.40. The molecular weight excluding hydrogens is 364 g/mol. The first-order valence-electron chi connectivity index (χ1n) is 10.0. The van der Waals surface area contributed by atoms with Crippen LogP contribution in [0.4, 0.5) is 0 Å². The van der Waals surface area contributed by atoms with Crippen molar-refractivity contribution in [1.29, 1.82) is 0 Å². The van der Waals surface area contributed by atoms with Crippen LogP contribution in [-0.4, -0.2) is 42.7 Å². The number of fused-ring (bicyclic) bond motifs is 1. The largest absolute Gasteiger partial charge is 0.381 e. The molecule has 0 amide bonds. The Morgan fingerprint density at radius 3 is 2.69 bits per heavy atom. The maximum atomic E-state index is 5.62. The molecule has 148 valence electrons. The van der Waals surface area contributed by atoms with Crippen molar-refractivity contribution in [3.63, 3.8) is 0 Å². The first kappa shape index (κ1) is 18.0. The fourth-order valence-electron chi connectivity index (χ4n) is 4.44. The smallest absolute Gasteiger partial charge is 0.0964 e. The monoisotopic (exact) mass is 388 g/mol. The van der Waals surface area contributed by atoms with Crippen LogP contribution < -0.4 is 0 Å². The summed E-state index contributed by atoms with van der Waals surface area (Å²) in [5.41, 5.74) is 6.20. The van der Waals surface area contributed by atoms with Crippen LogP contribution in [0.3, 0.4) is 0 Å². The highest BCUT2D eigenvalue weighted by Gasteiger charge is 2.29. The third kappa shape index (κ3) is 3.21. The van der Waals surface area contributed by atoms with Crippen molar-refractivity contribution < 1.29 is 4.74 Å². The van der Waals surface area contributed by atoms with E-state index in [1.165, 1.54) is 0 Å². The topological polar surface area (TPSA) is 70.7 Å². The molecule has 0 aliphatic carbocycles. The van der Waals surface area contributed by atoms with E-state index in [9.17, 15) is 0 Å². The van der Waals surface area contributed by atoms with E-state index < -0.39 is 0 Å². The van der Waals surface area contributed by atoms with E-state index in [1.807, 2.05) is 37.2 Å². The minimum Gasteiger partial charge on any atom is -0.381 e. The number of benzene rings is 1. The fourth-order valence-corrected chi connectivity index (χ4v) is 4.44. The summed E-state index contributed by atoms with van der Waals surface area (Å²) in [7, 11) is 1.93. The molecule has 0 bridgehead atoms. The van der Waals surface area contributed by atoms with Gasteiger partial charge in [-0.2, -0.15) is 0 Å². The van der Waals surface area contributed by atoms with Gasteiger partial charge >= 0.3 is 0 Å². The van der Waals surface area contributed by atoms with E-state index in [2.05, 4.69) is 45.2 Å². The number of hydrogen-bond acceptors (Lipinski definition) is 5. The fraction of sp³-hybridized carbons (Fsp3) is 0.364. The molecule has 0 N–H and O–H groups in total. The van der Waals surface area contributed by atoms with E-state index in [4.69, 9.17) is 14.7 Å². The van der Waals surface area contributed by atoms with Crippen LogP contribution in [0.5, 0.6) is 0 Å². The summed E-state index contributed by atoms with van der Waals surface area (Å²) < 4.78 is 9.74. The third-order valence-corrected chi connectivity index (χ3v) is 5.85. The Kier molecular flexibility index (Phi) is 4.60. The zero-order chi connectivity index (χ0) is 19.8. The maximum absolute atomic E-state index is 5.62. The van der Waals surface area contributed by atoms with Crippen molar-refractivity contribution in [3.05, 3.63) is 60.3 Å². The van der Waals surface area contributed by atoms with Gasteiger partial charge in [-0.25, -0.2) is 9.67 Å². The highest BCUT2D eigenvalue weighted by molar-refractivity contribution is 5.82. The second-order valence-corrected chi connectivity index (χ2v) is 7.65. The van der Waals surface area contributed by atoms with Crippen LogP contribution in [0.15, 0.2) is 48.9 Å². The van der Waals surface area contributed by atoms with E-state index in [-0.39, 0.29) is 6.04 Å². The highest BCUT2D eigenvalue weighted by atomic mass is 16.5. The summed E-state index contributed by atoms with van der Waals surface area (Å²) >= 11 is 0. The highest BCUT2D eigenvalue weighted by Crippen LogP contribution is 2.35. The standard InChI is InChI=1S/C22H24N6O/c1-15-21(27(2)26-25-15)17-6-7-18-20(13-17)28(14-24-18)22(16-8-11-29-12-9-16)19-5-3-4-10-23-19/h3-7,10,13-14,16,22H,8-9,11-12H2,1-2H3/t22-/m0/s1. The minimum absolute atomic E-state index is 0.131. The van der Waals surface area contributed by atoms with Gasteiger partial charge in [0.2, 0.25) is 0 Å². The van der Waals surface area contributed by atoms with Crippen molar-refractivity contribution in [1.82, 2.24) is 29.5 Å². The molecule has 7 nitrogen and oxygen atoms in total. The summed E-state index contributed by atoms with van der Waals surface area (Å²) in [6.07, 6.45) is 5.87. The van der Waals surface area contributed by atoms with Gasteiger partial charge in [0.25, 0.3) is 0 Å². The number of nitrogens with zero attached hydrogens (tertiary/aromatic N) is 6. The van der Waals surface area contributed by atoms with Gasteiger partial charge in [0.05, 0.1) is 40.5 Å². The zero-order valence-corrected chi connectivity index (χ0v) is 16.7. The average Bonchev–Trinajstić information content (AvgIpc) is 3.32. The molecule has 1 saturated heterocycles. The van der Waals surface area contributed by atoms with Crippen molar-refractivity contribution in [2.24, 2.45) is 13.0 Å². The molecular formula is C22H24N6O. The quantitative estimate of drug-likeness (QED) is 0.535. The molecule has 1 fully saturated rings. The Balaban J connectivity index is 1.66. The lowest BCUT2D eigenvalue weighted by Crippen LogP contribution is -2.27. The molecule has 3 aromatic heterocycles. The summed E-state index contributed by atoms with van der Waals surface area (Å²) in [5, 5.41) is 8.36. The Morgan fingerprint density at radius 1 is 1.10 bits per heavy atom. The van der Waals surface area contributed by atoms with Gasteiger partial charge in [-0.3, -0.25) is 4.98 Å². The van der Waals surface area contributed by atoms with E-state index >= 15 is 0 Å². The summed E-state index contributed by atoms with van der Waals surface area (Å²) in [5.74, 6) is 0.458. The number of ether oxygens (including phenoxy) is 1. The van der Waals surface area contributed by atoms with Crippen molar-refractivity contribution in [2.75, 3.05) is 13.2 Å². The van der Waals surface area contributed by atoms with Gasteiger partial charge in [-0.05, 0) is 49.9 Å². The second kappa shape index (κ2) is 7.40. The SMILES string of the molecule is Cc1nnn(C)c1-c1ccc2ncn([C@H](c3ccccn3)C3CCOCC3)c2c1. The first-order chi connectivity index (χ1) is 14.2. The zero-order valence-electron chi connectivity index (χ0n) is 16.7. The van der Waals surface area contributed by atoms with Crippen LogP contribution in [0, 0.1) is 12.8 Å². The predicted octanol–water partition coefficient (Wildman–Crippen LogP) is 3.55. The Bertz CT molecular complexity index is 1110. The molecule has 1 atom stereocenters. The van der Waals surface area contributed by atoms with Crippen molar-refractivity contribution >= 4 is 11.0 Å². The van der Waals surface area contributed by atoms with E-state index in [1.54, 1.807) is 0 Å². The number of imidazole rings is 1. The van der Waals surface area contributed by atoms with Gasteiger partial charge in [-0.15, -0.1) is 5.10 Å². The lowest BCUT2D eigenvalue weighted by molar-refractivity contribution is 0.0542. The normalized spacial score (nSPS) is 16.3. The molecule has 4 aromatic rings. The van der Waals surface area contributed by atoms with Crippen LogP contribution in [0.2, 0.25) is 0 Å². The molecule has 0 unspecified atom stereocenters. The predicted molar refractivity (Wildman–Crippen MR) is 110 cm³/mol. The number of pyridine rings is 1. The Labute approximate surface area is 169 Å². The van der Waals surface area contributed by atoms with Gasteiger partial charge in [-0.1, -0.05) is 17.3 Å². The Morgan fingerprint density at radius 2 is 1.97 bits per heavy atom. The molecule has 0 spiro atoms. The average molecular weight is 388 g/mol. The summed E-state index contributed by atoms with van der Waals surface area (Å²) in [6, 6.07) is 12.6. The number of hydrogen-bond donors (Lipinski definition) is 0. The summed E-state index contributed by atoms with van der Waals surface area (Å²) in [6.45, 7) is 3.58. The maximum Gasteiger partial charge on any atom is 0.0964 e. The van der Waals surface area contributed by atoms with Gasteiger partial charge in [0.15, 0.2) is 0 Å². The molecule has 0 radical (unpaired) electrons. The van der Waals surface area contributed by atoms with Gasteiger partial charge in [0.1, 0.15) is 0 Å². The molecule has 1 aliphatic heterocycles. The minimum atomic E-state index is 0.131. The third-order valence-electron chi connectivity index (χ3n) is 5.85. The van der Waals surface area contributed by atoms with E-state index in [0.29, 0.717) is 5.92 Å². The second-order valence-electron chi connectivity index (χ2n) is 7.65. The van der Waals surface area contributed by atoms with Gasteiger partial charge < -0.3 is 9.30 Å². The Hall–Kier alpha value is -3.06.